The average molecular weight is 437 g/mol. The monoisotopic (exact) mass is 436 g/mol. The molecular formula is C25H32N4O3. The first-order chi connectivity index (χ1) is 15.5. The second-order valence-corrected chi connectivity index (χ2v) is 10.4. The fourth-order valence-electron chi connectivity index (χ4n) is 7.11. The van der Waals surface area contributed by atoms with E-state index in [2.05, 4.69) is 21.6 Å². The lowest BCUT2D eigenvalue weighted by Gasteiger charge is -2.53. The van der Waals surface area contributed by atoms with Crippen LogP contribution in [0.2, 0.25) is 0 Å². The van der Waals surface area contributed by atoms with Crippen LogP contribution in [0.1, 0.15) is 66.4 Å². The first-order valence-electron chi connectivity index (χ1n) is 12.3. The maximum atomic E-state index is 13.1. The molecule has 1 aliphatic carbocycles. The van der Waals surface area contributed by atoms with Crippen molar-refractivity contribution < 1.29 is 14.4 Å². The van der Waals surface area contributed by atoms with Gasteiger partial charge >= 0.3 is 0 Å². The van der Waals surface area contributed by atoms with Gasteiger partial charge in [0, 0.05) is 37.2 Å². The standard InChI is InChI=1S/C25H32N4O3/c30-22-7-6-21(23(31)27-22)29-15-20-16(3-1-5-19(20)24(29)32)13-28-12-2-4-18(14-28)25-10-8-17(25)9-11-26-25/h1,3,5,17-18,21,26H,2,4,6-15H2,(H,27,30,31). The van der Waals surface area contributed by atoms with Crippen molar-refractivity contribution in [1.82, 2.24) is 20.4 Å². The van der Waals surface area contributed by atoms with Gasteiger partial charge in [0.2, 0.25) is 11.8 Å². The van der Waals surface area contributed by atoms with Gasteiger partial charge in [-0.2, -0.15) is 0 Å². The molecule has 2 N–H and O–H groups in total. The summed E-state index contributed by atoms with van der Waals surface area (Å²) < 4.78 is 0. The Kier molecular flexibility index (Phi) is 4.88. The van der Waals surface area contributed by atoms with Crippen LogP contribution >= 0.6 is 0 Å². The van der Waals surface area contributed by atoms with Crippen LogP contribution in [0.4, 0.5) is 0 Å². The van der Waals surface area contributed by atoms with E-state index in [0.717, 1.165) is 42.6 Å². The smallest absolute Gasteiger partial charge is 0.255 e. The maximum absolute atomic E-state index is 13.1. The van der Waals surface area contributed by atoms with Gasteiger partial charge in [-0.05, 0) is 80.6 Å². The number of nitrogens with zero attached hydrogens (tertiary/aromatic N) is 2. The summed E-state index contributed by atoms with van der Waals surface area (Å²) in [4.78, 5) is 41.3. The molecule has 1 aromatic carbocycles. The van der Waals surface area contributed by atoms with Crippen LogP contribution in [-0.4, -0.2) is 58.7 Å². The zero-order chi connectivity index (χ0) is 21.9. The third-order valence-corrected chi connectivity index (χ3v) is 8.89. The summed E-state index contributed by atoms with van der Waals surface area (Å²) in [5.41, 5.74) is 3.36. The summed E-state index contributed by atoms with van der Waals surface area (Å²) in [5.74, 6) is 0.907. The van der Waals surface area contributed by atoms with E-state index in [1.54, 1.807) is 4.90 Å². The minimum absolute atomic E-state index is 0.0841. The van der Waals surface area contributed by atoms with E-state index >= 15 is 0 Å². The van der Waals surface area contributed by atoms with Crippen LogP contribution in [0.15, 0.2) is 18.2 Å². The Bertz CT molecular complexity index is 978. The molecule has 7 heteroatoms. The van der Waals surface area contributed by atoms with Gasteiger partial charge in [-0.25, -0.2) is 0 Å². The Morgan fingerprint density at radius 2 is 1.97 bits per heavy atom. The Morgan fingerprint density at radius 1 is 1.06 bits per heavy atom. The minimum atomic E-state index is -0.553. The largest absolute Gasteiger partial charge is 0.322 e. The molecule has 170 valence electrons. The van der Waals surface area contributed by atoms with Crippen LogP contribution in [-0.2, 0) is 22.7 Å². The number of fused-ring (bicyclic) bond motifs is 2. The van der Waals surface area contributed by atoms with Gasteiger partial charge in [0.05, 0.1) is 0 Å². The van der Waals surface area contributed by atoms with E-state index in [-0.39, 0.29) is 24.1 Å². The topological polar surface area (TPSA) is 81.8 Å². The van der Waals surface area contributed by atoms with Crippen molar-refractivity contribution in [1.29, 1.82) is 0 Å². The Balaban J connectivity index is 1.18. The van der Waals surface area contributed by atoms with Crippen LogP contribution in [0.3, 0.4) is 0 Å². The summed E-state index contributed by atoms with van der Waals surface area (Å²) in [5, 5.41) is 6.27. The molecule has 0 spiro atoms. The van der Waals surface area contributed by atoms with Crippen molar-refractivity contribution in [3.63, 3.8) is 0 Å². The van der Waals surface area contributed by atoms with Gasteiger partial charge in [-0.3, -0.25) is 24.6 Å². The molecule has 0 bridgehead atoms. The molecule has 0 aromatic heterocycles. The highest BCUT2D eigenvalue weighted by atomic mass is 16.2. The second-order valence-electron chi connectivity index (χ2n) is 10.4. The fraction of sp³-hybridized carbons (Fsp3) is 0.640. The van der Waals surface area contributed by atoms with Gasteiger partial charge < -0.3 is 10.2 Å². The maximum Gasteiger partial charge on any atom is 0.255 e. The number of imide groups is 1. The predicted molar refractivity (Wildman–Crippen MR) is 119 cm³/mol. The second kappa shape index (κ2) is 7.66. The van der Waals surface area contributed by atoms with Crippen molar-refractivity contribution in [3.05, 3.63) is 34.9 Å². The summed E-state index contributed by atoms with van der Waals surface area (Å²) in [6.45, 7) is 4.72. The van der Waals surface area contributed by atoms with Crippen molar-refractivity contribution in [3.8, 4) is 0 Å². The van der Waals surface area contributed by atoms with E-state index in [1.807, 2.05) is 12.1 Å². The highest BCUT2D eigenvalue weighted by molar-refractivity contribution is 6.05. The number of hydrogen-bond donors (Lipinski definition) is 2. The lowest BCUT2D eigenvalue weighted by atomic mass is 9.59. The van der Waals surface area contributed by atoms with Crippen molar-refractivity contribution >= 4 is 17.7 Å². The third kappa shape index (κ3) is 3.12. The molecule has 3 saturated heterocycles. The number of amides is 3. The van der Waals surface area contributed by atoms with Crippen molar-refractivity contribution in [2.75, 3.05) is 19.6 Å². The number of carbonyl (C=O) groups excluding carboxylic acids is 3. The molecule has 4 fully saturated rings. The Labute approximate surface area is 188 Å². The third-order valence-electron chi connectivity index (χ3n) is 8.89. The molecule has 4 aliphatic heterocycles. The first-order valence-corrected chi connectivity index (χ1v) is 12.3. The number of rotatable bonds is 4. The summed E-state index contributed by atoms with van der Waals surface area (Å²) in [7, 11) is 0. The molecule has 3 amide bonds. The normalized spacial score (nSPS) is 34.8. The fourth-order valence-corrected chi connectivity index (χ4v) is 7.11. The molecule has 1 aromatic rings. The zero-order valence-corrected chi connectivity index (χ0v) is 18.6. The van der Waals surface area contributed by atoms with Crippen molar-refractivity contribution in [2.45, 2.75) is 69.6 Å². The van der Waals surface area contributed by atoms with Crippen LogP contribution in [0.25, 0.3) is 0 Å². The predicted octanol–water partition coefficient (Wildman–Crippen LogP) is 1.80. The SMILES string of the molecule is O=C1CCC(N2Cc3c(CN4CCCC(C56CCC5CCN6)C4)cccc3C2=O)C(=O)N1. The van der Waals surface area contributed by atoms with Gasteiger partial charge in [0.1, 0.15) is 6.04 Å². The van der Waals surface area contributed by atoms with E-state index in [9.17, 15) is 14.4 Å². The lowest BCUT2D eigenvalue weighted by Crippen LogP contribution is -2.61. The van der Waals surface area contributed by atoms with Crippen LogP contribution in [0, 0.1) is 11.8 Å². The molecule has 6 rings (SSSR count). The molecule has 7 nitrogen and oxygen atoms in total. The molecule has 32 heavy (non-hydrogen) atoms. The quantitative estimate of drug-likeness (QED) is 0.704. The molecule has 4 unspecified atom stereocenters. The van der Waals surface area contributed by atoms with E-state index in [0.29, 0.717) is 18.5 Å². The lowest BCUT2D eigenvalue weighted by molar-refractivity contribution is -0.136. The minimum Gasteiger partial charge on any atom is -0.322 e. The number of benzene rings is 1. The summed E-state index contributed by atoms with van der Waals surface area (Å²) >= 11 is 0. The summed E-state index contributed by atoms with van der Waals surface area (Å²) in [6, 6.07) is 5.44. The highest BCUT2D eigenvalue weighted by Crippen LogP contribution is 2.51. The van der Waals surface area contributed by atoms with Gasteiger partial charge in [0.25, 0.3) is 5.91 Å². The Morgan fingerprint density at radius 3 is 2.75 bits per heavy atom. The zero-order valence-electron chi connectivity index (χ0n) is 18.6. The molecule has 1 saturated carbocycles. The van der Waals surface area contributed by atoms with Gasteiger partial charge in [0.15, 0.2) is 0 Å². The van der Waals surface area contributed by atoms with Gasteiger partial charge in [-0.15, -0.1) is 0 Å². The van der Waals surface area contributed by atoms with Gasteiger partial charge in [-0.1, -0.05) is 12.1 Å². The average Bonchev–Trinajstić information content (AvgIpc) is 3.26. The number of carbonyl (C=O) groups is 3. The first kappa shape index (κ1) is 20.4. The van der Waals surface area contributed by atoms with Crippen LogP contribution in [0.5, 0.6) is 0 Å². The summed E-state index contributed by atoms with van der Waals surface area (Å²) in [6.07, 6.45) is 7.28. The Hall–Kier alpha value is -2.25. The molecule has 5 aliphatic rings. The molecule has 4 atom stereocenters. The molecular weight excluding hydrogens is 404 g/mol. The van der Waals surface area contributed by atoms with E-state index in [1.165, 1.54) is 44.2 Å². The van der Waals surface area contributed by atoms with Crippen LogP contribution < -0.4 is 10.6 Å². The number of hydrogen-bond acceptors (Lipinski definition) is 5. The van der Waals surface area contributed by atoms with E-state index in [4.69, 9.17) is 0 Å². The number of piperidine rings is 2. The van der Waals surface area contributed by atoms with Crippen molar-refractivity contribution in [2.24, 2.45) is 11.8 Å². The highest BCUT2D eigenvalue weighted by Gasteiger charge is 2.54. The molecule has 0 radical (unpaired) electrons. The van der Waals surface area contributed by atoms with E-state index < -0.39 is 6.04 Å². The number of likely N-dealkylation sites (tertiary alicyclic amines) is 1. The molecule has 4 heterocycles. The number of nitrogens with one attached hydrogen (secondary N) is 2.